The summed E-state index contributed by atoms with van der Waals surface area (Å²) in [6.07, 6.45) is 5.22. The van der Waals surface area contributed by atoms with Gasteiger partial charge in [-0.3, -0.25) is 0 Å². The monoisotopic (exact) mass is 228 g/mol. The molecule has 0 aromatic rings. The van der Waals surface area contributed by atoms with E-state index in [4.69, 9.17) is 0 Å². The van der Waals surface area contributed by atoms with E-state index in [1.165, 1.54) is 6.42 Å². The number of hydrogen-bond acceptors (Lipinski definition) is 1. The Balaban J connectivity index is 4.36. The zero-order chi connectivity index (χ0) is 13.0. The standard InChI is InChI=1S/C15H32O/c1-8-10-15(16,14(5,6)7)12-9-11-13(2,3)4/h16H,8-12H2,1-7H3. The first-order chi connectivity index (χ1) is 7.02. The molecule has 0 aromatic heterocycles. The lowest BCUT2D eigenvalue weighted by Crippen LogP contribution is -2.42. The lowest BCUT2D eigenvalue weighted by Gasteiger charge is -2.41. The maximum Gasteiger partial charge on any atom is 0.0695 e. The van der Waals surface area contributed by atoms with E-state index in [1.807, 2.05) is 0 Å². The zero-order valence-electron chi connectivity index (χ0n) is 12.5. The van der Waals surface area contributed by atoms with Gasteiger partial charge in [0.05, 0.1) is 5.60 Å². The van der Waals surface area contributed by atoms with E-state index >= 15 is 0 Å². The lowest BCUT2D eigenvalue weighted by atomic mass is 9.70. The molecule has 98 valence electrons. The number of rotatable bonds is 5. The van der Waals surface area contributed by atoms with Gasteiger partial charge in [-0.25, -0.2) is 0 Å². The minimum absolute atomic E-state index is 0.0130. The van der Waals surface area contributed by atoms with E-state index in [2.05, 4.69) is 48.5 Å². The van der Waals surface area contributed by atoms with Gasteiger partial charge in [0.15, 0.2) is 0 Å². The maximum absolute atomic E-state index is 10.7. The summed E-state index contributed by atoms with van der Waals surface area (Å²) in [5, 5.41) is 10.7. The van der Waals surface area contributed by atoms with Gasteiger partial charge in [-0.05, 0) is 30.1 Å². The van der Waals surface area contributed by atoms with Gasteiger partial charge >= 0.3 is 0 Å². The van der Waals surface area contributed by atoms with Crippen molar-refractivity contribution in [3.8, 4) is 0 Å². The molecule has 1 N–H and O–H groups in total. The van der Waals surface area contributed by atoms with Gasteiger partial charge in [0.2, 0.25) is 0 Å². The Kier molecular flexibility index (Phi) is 5.52. The summed E-state index contributed by atoms with van der Waals surface area (Å²) in [6.45, 7) is 15.4. The van der Waals surface area contributed by atoms with Crippen LogP contribution in [0.3, 0.4) is 0 Å². The lowest BCUT2D eigenvalue weighted by molar-refractivity contribution is -0.0741. The molecular formula is C15H32O. The van der Waals surface area contributed by atoms with Crippen molar-refractivity contribution in [3.05, 3.63) is 0 Å². The van der Waals surface area contributed by atoms with Gasteiger partial charge in [0.25, 0.3) is 0 Å². The Bertz CT molecular complexity index is 194. The van der Waals surface area contributed by atoms with E-state index in [9.17, 15) is 5.11 Å². The normalized spacial score (nSPS) is 17.2. The Morgan fingerprint density at radius 1 is 0.812 bits per heavy atom. The minimum atomic E-state index is -0.493. The fraction of sp³-hybridized carbons (Fsp3) is 1.00. The summed E-state index contributed by atoms with van der Waals surface area (Å²) in [7, 11) is 0. The van der Waals surface area contributed by atoms with Crippen molar-refractivity contribution in [2.75, 3.05) is 0 Å². The van der Waals surface area contributed by atoms with Crippen molar-refractivity contribution in [1.82, 2.24) is 0 Å². The average Bonchev–Trinajstić information content (AvgIpc) is 1.99. The molecule has 0 spiro atoms. The highest BCUT2D eigenvalue weighted by Gasteiger charge is 2.38. The second kappa shape index (κ2) is 5.53. The quantitative estimate of drug-likeness (QED) is 0.718. The second-order valence-electron chi connectivity index (χ2n) is 7.45. The average molecular weight is 228 g/mol. The van der Waals surface area contributed by atoms with Gasteiger partial charge in [0.1, 0.15) is 0 Å². The third-order valence-corrected chi connectivity index (χ3v) is 3.58. The molecule has 0 bridgehead atoms. The predicted octanol–water partition coefficient (Wildman–Crippen LogP) is 4.78. The van der Waals surface area contributed by atoms with Crippen LogP contribution in [0.1, 0.15) is 80.6 Å². The van der Waals surface area contributed by atoms with Crippen LogP contribution in [0.5, 0.6) is 0 Å². The maximum atomic E-state index is 10.7. The number of hydrogen-bond donors (Lipinski definition) is 1. The van der Waals surface area contributed by atoms with Crippen molar-refractivity contribution in [3.63, 3.8) is 0 Å². The molecule has 0 saturated carbocycles. The smallest absolute Gasteiger partial charge is 0.0695 e. The third kappa shape index (κ3) is 5.34. The zero-order valence-corrected chi connectivity index (χ0v) is 12.5. The molecule has 0 heterocycles. The summed E-state index contributed by atoms with van der Waals surface area (Å²) >= 11 is 0. The molecule has 1 atom stereocenters. The Labute approximate surface area is 103 Å². The molecule has 0 fully saturated rings. The molecule has 16 heavy (non-hydrogen) atoms. The van der Waals surface area contributed by atoms with E-state index in [-0.39, 0.29) is 5.41 Å². The van der Waals surface area contributed by atoms with Crippen molar-refractivity contribution < 1.29 is 5.11 Å². The summed E-state index contributed by atoms with van der Waals surface area (Å²) in [6, 6.07) is 0. The second-order valence-corrected chi connectivity index (χ2v) is 7.45. The van der Waals surface area contributed by atoms with Crippen molar-refractivity contribution in [2.45, 2.75) is 86.2 Å². The molecule has 0 aliphatic carbocycles. The summed E-state index contributed by atoms with van der Waals surface area (Å²) in [5.74, 6) is 0. The van der Waals surface area contributed by atoms with Crippen LogP contribution in [0.15, 0.2) is 0 Å². The topological polar surface area (TPSA) is 20.2 Å². The van der Waals surface area contributed by atoms with E-state index in [0.717, 1.165) is 25.7 Å². The molecule has 0 aliphatic rings. The molecule has 0 rings (SSSR count). The van der Waals surface area contributed by atoms with Gasteiger partial charge in [-0.15, -0.1) is 0 Å². The largest absolute Gasteiger partial charge is 0.389 e. The van der Waals surface area contributed by atoms with Crippen LogP contribution >= 0.6 is 0 Å². The van der Waals surface area contributed by atoms with Gasteiger partial charge < -0.3 is 5.11 Å². The first-order valence-electron chi connectivity index (χ1n) is 6.74. The highest BCUT2D eigenvalue weighted by molar-refractivity contribution is 4.90. The molecule has 1 unspecified atom stereocenters. The highest BCUT2D eigenvalue weighted by Crippen LogP contribution is 2.39. The van der Waals surface area contributed by atoms with Crippen LogP contribution in [-0.2, 0) is 0 Å². The molecule has 0 aromatic carbocycles. The molecule has 0 aliphatic heterocycles. The summed E-state index contributed by atoms with van der Waals surface area (Å²) in [4.78, 5) is 0. The van der Waals surface area contributed by atoms with Crippen molar-refractivity contribution in [1.29, 1.82) is 0 Å². The number of aliphatic hydroxyl groups is 1. The Morgan fingerprint density at radius 2 is 1.31 bits per heavy atom. The molecule has 0 saturated heterocycles. The molecule has 0 amide bonds. The summed E-state index contributed by atoms with van der Waals surface area (Å²) < 4.78 is 0. The van der Waals surface area contributed by atoms with Crippen LogP contribution < -0.4 is 0 Å². The predicted molar refractivity (Wildman–Crippen MR) is 72.6 cm³/mol. The van der Waals surface area contributed by atoms with Gasteiger partial charge in [0, 0.05) is 0 Å². The van der Waals surface area contributed by atoms with Gasteiger partial charge in [-0.2, -0.15) is 0 Å². The molecule has 1 nitrogen and oxygen atoms in total. The van der Waals surface area contributed by atoms with Crippen LogP contribution in [0, 0.1) is 10.8 Å². The first-order valence-corrected chi connectivity index (χ1v) is 6.74. The fourth-order valence-corrected chi connectivity index (χ4v) is 2.20. The van der Waals surface area contributed by atoms with E-state index in [1.54, 1.807) is 0 Å². The Morgan fingerprint density at radius 3 is 1.62 bits per heavy atom. The third-order valence-electron chi connectivity index (χ3n) is 3.58. The fourth-order valence-electron chi connectivity index (χ4n) is 2.20. The Hall–Kier alpha value is -0.0400. The van der Waals surface area contributed by atoms with Crippen LogP contribution in [0.4, 0.5) is 0 Å². The van der Waals surface area contributed by atoms with E-state index in [0.29, 0.717) is 5.41 Å². The molecule has 1 heteroatoms. The highest BCUT2D eigenvalue weighted by atomic mass is 16.3. The van der Waals surface area contributed by atoms with Crippen molar-refractivity contribution >= 4 is 0 Å². The van der Waals surface area contributed by atoms with Crippen LogP contribution in [0.25, 0.3) is 0 Å². The van der Waals surface area contributed by atoms with Crippen LogP contribution in [-0.4, -0.2) is 10.7 Å². The minimum Gasteiger partial charge on any atom is -0.389 e. The molecular weight excluding hydrogens is 196 g/mol. The molecule has 0 radical (unpaired) electrons. The first kappa shape index (κ1) is 16.0. The van der Waals surface area contributed by atoms with E-state index < -0.39 is 5.60 Å². The summed E-state index contributed by atoms with van der Waals surface area (Å²) in [5.41, 5.74) is -0.126. The van der Waals surface area contributed by atoms with Crippen molar-refractivity contribution in [2.24, 2.45) is 10.8 Å². The SMILES string of the molecule is CCCC(O)(CCCC(C)(C)C)C(C)(C)C. The van der Waals surface area contributed by atoms with Gasteiger partial charge in [-0.1, -0.05) is 61.3 Å². The van der Waals surface area contributed by atoms with Crippen LogP contribution in [0.2, 0.25) is 0 Å².